The Balaban J connectivity index is 0. The molecule has 8 heteroatoms. The Morgan fingerprint density at radius 3 is 0.950 bits per heavy atom. The highest BCUT2D eigenvalue weighted by Gasteiger charge is 1.88. The first-order valence-corrected chi connectivity index (χ1v) is 7.28. The second-order valence-electron chi connectivity index (χ2n) is 4.02. The van der Waals surface area contributed by atoms with Crippen LogP contribution < -0.4 is 32.7 Å². The molecule has 0 aromatic carbocycles. The molecule has 8 nitrogen and oxygen atoms in total. The maximum absolute atomic E-state index is 7.62. The van der Waals surface area contributed by atoms with E-state index >= 15 is 0 Å². The van der Waals surface area contributed by atoms with E-state index in [9.17, 15) is 0 Å². The zero-order chi connectivity index (χ0) is 15.3. The molecule has 0 atom stereocenters. The molecule has 0 aliphatic rings. The Labute approximate surface area is 122 Å². The smallest absolute Gasteiger partial charge is 0.0662 e. The minimum absolute atomic E-state index is 0.125. The Bertz CT molecular complexity index is 138. The first-order chi connectivity index (χ1) is 9.83. The third-order valence-corrected chi connectivity index (χ3v) is 2.18. The number of aliphatic hydroxyl groups excluding tert-OH is 2. The number of hydrogen-bond donors (Lipinski definition) is 8. The van der Waals surface area contributed by atoms with E-state index in [0.29, 0.717) is 13.1 Å². The van der Waals surface area contributed by atoms with Crippen LogP contribution in [0.2, 0.25) is 0 Å². The highest BCUT2D eigenvalue weighted by Crippen LogP contribution is 1.62. The van der Waals surface area contributed by atoms with Gasteiger partial charge >= 0.3 is 0 Å². The number of hydrogen-bond acceptors (Lipinski definition) is 8. The summed E-state index contributed by atoms with van der Waals surface area (Å²) in [6.07, 6.45) is 0. The Morgan fingerprint density at radius 2 is 0.750 bits per heavy atom. The van der Waals surface area contributed by atoms with Gasteiger partial charge in [-0.2, -0.15) is 0 Å². The fraction of sp³-hybridized carbons (Fsp3) is 1.00. The van der Waals surface area contributed by atoms with Gasteiger partial charge in [0.25, 0.3) is 0 Å². The van der Waals surface area contributed by atoms with Crippen LogP contribution in [0, 0.1) is 0 Å². The lowest BCUT2D eigenvalue weighted by atomic mass is 10.5. The molecule has 20 heavy (non-hydrogen) atoms. The second kappa shape index (κ2) is 23.7. The summed E-state index contributed by atoms with van der Waals surface area (Å²) in [6, 6.07) is 0. The molecule has 0 spiro atoms. The molecular formula is C12H34N6O2. The number of aliphatic hydroxyl groups is 2. The van der Waals surface area contributed by atoms with Gasteiger partial charge in [-0.3, -0.25) is 0 Å². The van der Waals surface area contributed by atoms with Gasteiger partial charge in [0.15, 0.2) is 0 Å². The van der Waals surface area contributed by atoms with Crippen LogP contribution in [-0.2, 0) is 0 Å². The molecule has 0 aromatic heterocycles. The van der Waals surface area contributed by atoms with Gasteiger partial charge in [-0.1, -0.05) is 0 Å². The standard InChI is InChI=1S/C10H28N6.C2H6O2/c11-1-3-13-5-7-15-9-10-16-8-6-14-4-2-12;3-1-2-4/h13-16H,1-12H2;3-4H,1-2H2. The molecule has 10 N–H and O–H groups in total. The van der Waals surface area contributed by atoms with E-state index in [4.69, 9.17) is 21.7 Å². The van der Waals surface area contributed by atoms with E-state index in [1.807, 2.05) is 0 Å². The van der Waals surface area contributed by atoms with Crippen LogP contribution in [0.5, 0.6) is 0 Å². The monoisotopic (exact) mass is 294 g/mol. The molecule has 0 rings (SSSR count). The normalized spacial score (nSPS) is 10.2. The van der Waals surface area contributed by atoms with Crippen molar-refractivity contribution in [2.24, 2.45) is 11.5 Å². The molecule has 0 saturated carbocycles. The first-order valence-electron chi connectivity index (χ1n) is 7.28. The fourth-order valence-electron chi connectivity index (χ4n) is 1.23. The Kier molecular flexibility index (Phi) is 26.1. The minimum atomic E-state index is -0.125. The van der Waals surface area contributed by atoms with Crippen LogP contribution in [0.4, 0.5) is 0 Å². The van der Waals surface area contributed by atoms with Crippen LogP contribution in [0.1, 0.15) is 0 Å². The van der Waals surface area contributed by atoms with Gasteiger partial charge in [-0.25, -0.2) is 0 Å². The largest absolute Gasteiger partial charge is 0.394 e. The van der Waals surface area contributed by atoms with Crippen LogP contribution >= 0.6 is 0 Å². The molecule has 0 aliphatic carbocycles. The zero-order valence-electron chi connectivity index (χ0n) is 12.5. The predicted molar refractivity (Wildman–Crippen MR) is 83.8 cm³/mol. The van der Waals surface area contributed by atoms with Gasteiger partial charge in [0.05, 0.1) is 13.2 Å². The summed E-state index contributed by atoms with van der Waals surface area (Å²) >= 11 is 0. The number of nitrogens with two attached hydrogens (primary N) is 2. The second-order valence-corrected chi connectivity index (χ2v) is 4.02. The predicted octanol–water partition coefficient (Wildman–Crippen LogP) is -3.77. The lowest BCUT2D eigenvalue weighted by molar-refractivity contribution is 0.186. The molecule has 0 aliphatic heterocycles. The quantitative estimate of drug-likeness (QED) is 0.153. The SMILES string of the molecule is NCCNCCNCCNCCNCCN.OCCO. The maximum atomic E-state index is 7.62. The third-order valence-electron chi connectivity index (χ3n) is 2.18. The van der Waals surface area contributed by atoms with Crippen molar-refractivity contribution in [2.75, 3.05) is 78.7 Å². The van der Waals surface area contributed by atoms with E-state index < -0.39 is 0 Å². The third kappa shape index (κ3) is 26.3. The maximum Gasteiger partial charge on any atom is 0.0662 e. The summed E-state index contributed by atoms with van der Waals surface area (Å²) < 4.78 is 0. The van der Waals surface area contributed by atoms with E-state index in [-0.39, 0.29) is 13.2 Å². The summed E-state index contributed by atoms with van der Waals surface area (Å²) in [6.45, 7) is 8.90. The summed E-state index contributed by atoms with van der Waals surface area (Å²) in [5.41, 5.74) is 10.7. The van der Waals surface area contributed by atoms with Gasteiger partial charge in [0.2, 0.25) is 0 Å². The number of nitrogens with one attached hydrogen (secondary N) is 4. The van der Waals surface area contributed by atoms with Crippen molar-refractivity contribution >= 4 is 0 Å². The molecule has 0 heterocycles. The number of rotatable bonds is 14. The van der Waals surface area contributed by atoms with Gasteiger partial charge in [0.1, 0.15) is 0 Å². The molecule has 0 unspecified atom stereocenters. The minimum Gasteiger partial charge on any atom is -0.394 e. The van der Waals surface area contributed by atoms with Gasteiger partial charge in [-0.05, 0) is 0 Å². The molecule has 0 fully saturated rings. The van der Waals surface area contributed by atoms with Crippen LogP contribution in [0.3, 0.4) is 0 Å². The van der Waals surface area contributed by atoms with Gasteiger partial charge in [-0.15, -0.1) is 0 Å². The molecule has 0 amide bonds. The Hall–Kier alpha value is -0.320. The molecular weight excluding hydrogens is 260 g/mol. The van der Waals surface area contributed by atoms with Crippen molar-refractivity contribution in [1.82, 2.24) is 21.3 Å². The van der Waals surface area contributed by atoms with E-state index in [0.717, 1.165) is 52.4 Å². The summed E-state index contributed by atoms with van der Waals surface area (Å²) in [5.74, 6) is 0. The average Bonchev–Trinajstić information content (AvgIpc) is 2.49. The average molecular weight is 294 g/mol. The van der Waals surface area contributed by atoms with Crippen molar-refractivity contribution in [3.8, 4) is 0 Å². The van der Waals surface area contributed by atoms with Crippen LogP contribution in [0.25, 0.3) is 0 Å². The molecule has 0 saturated heterocycles. The highest BCUT2D eigenvalue weighted by molar-refractivity contribution is 4.56. The Morgan fingerprint density at radius 1 is 0.500 bits per heavy atom. The summed E-state index contributed by atoms with van der Waals surface area (Å²) in [4.78, 5) is 0. The summed E-state index contributed by atoms with van der Waals surface area (Å²) in [7, 11) is 0. The molecule has 0 aromatic rings. The van der Waals surface area contributed by atoms with Crippen molar-refractivity contribution < 1.29 is 10.2 Å². The fourth-order valence-corrected chi connectivity index (χ4v) is 1.23. The van der Waals surface area contributed by atoms with E-state index in [2.05, 4.69) is 21.3 Å². The van der Waals surface area contributed by atoms with Crippen LogP contribution in [-0.4, -0.2) is 88.9 Å². The van der Waals surface area contributed by atoms with Crippen molar-refractivity contribution in [1.29, 1.82) is 0 Å². The van der Waals surface area contributed by atoms with Crippen LogP contribution in [0.15, 0.2) is 0 Å². The van der Waals surface area contributed by atoms with Gasteiger partial charge < -0.3 is 42.9 Å². The molecule has 124 valence electrons. The van der Waals surface area contributed by atoms with Crippen molar-refractivity contribution in [2.45, 2.75) is 0 Å². The molecule has 0 bridgehead atoms. The van der Waals surface area contributed by atoms with Gasteiger partial charge in [0, 0.05) is 65.4 Å². The first kappa shape index (κ1) is 22.0. The van der Waals surface area contributed by atoms with Crippen molar-refractivity contribution in [3.05, 3.63) is 0 Å². The lowest BCUT2D eigenvalue weighted by Crippen LogP contribution is -2.36. The summed E-state index contributed by atoms with van der Waals surface area (Å²) in [5, 5.41) is 28.4. The highest BCUT2D eigenvalue weighted by atomic mass is 16.3. The lowest BCUT2D eigenvalue weighted by Gasteiger charge is -2.07. The topological polar surface area (TPSA) is 141 Å². The van der Waals surface area contributed by atoms with Crippen molar-refractivity contribution in [3.63, 3.8) is 0 Å². The van der Waals surface area contributed by atoms with E-state index in [1.54, 1.807) is 0 Å². The molecule has 0 radical (unpaired) electrons. The van der Waals surface area contributed by atoms with E-state index in [1.165, 1.54) is 0 Å². The zero-order valence-corrected chi connectivity index (χ0v) is 12.5.